The van der Waals surface area contributed by atoms with Gasteiger partial charge in [-0.05, 0) is 87.7 Å². The van der Waals surface area contributed by atoms with Crippen LogP contribution in [0.15, 0.2) is 60.9 Å². The van der Waals surface area contributed by atoms with Gasteiger partial charge in [0.1, 0.15) is 6.33 Å². The molecule has 43 heavy (non-hydrogen) atoms. The molecule has 1 saturated carbocycles. The fourth-order valence-corrected chi connectivity index (χ4v) is 8.19. The number of hydrogen-bond acceptors (Lipinski definition) is 2. The third kappa shape index (κ3) is 4.46. The summed E-state index contributed by atoms with van der Waals surface area (Å²) in [4.78, 5) is 9.79. The van der Waals surface area contributed by atoms with E-state index in [1.54, 1.807) is 6.33 Å². The van der Waals surface area contributed by atoms with Gasteiger partial charge in [-0.3, -0.25) is 0 Å². The first-order valence-electron chi connectivity index (χ1n) is 16.3. The summed E-state index contributed by atoms with van der Waals surface area (Å²) in [7, 11) is 0. The molecule has 0 aliphatic heterocycles. The Hall–Kier alpha value is -3.72. The zero-order valence-electron chi connectivity index (χ0n) is 26.6. The molecule has 1 fully saturated rings. The summed E-state index contributed by atoms with van der Waals surface area (Å²) >= 11 is 0. The van der Waals surface area contributed by atoms with E-state index in [1.807, 2.05) is 0 Å². The molecule has 3 heteroatoms. The summed E-state index contributed by atoms with van der Waals surface area (Å²) in [6.07, 6.45) is 10.5. The van der Waals surface area contributed by atoms with Crippen LogP contribution < -0.4 is 0 Å². The summed E-state index contributed by atoms with van der Waals surface area (Å²) in [6, 6.07) is 21.4. The van der Waals surface area contributed by atoms with E-state index in [9.17, 15) is 0 Å². The van der Waals surface area contributed by atoms with E-state index >= 15 is 0 Å². The van der Waals surface area contributed by atoms with Crippen molar-refractivity contribution in [2.75, 3.05) is 0 Å². The Kier molecular flexibility index (Phi) is 5.87. The third-order valence-electron chi connectivity index (χ3n) is 9.79. The number of pyridine rings is 1. The first kappa shape index (κ1) is 26.9. The highest BCUT2D eigenvalue weighted by Crippen LogP contribution is 2.44. The summed E-state index contributed by atoms with van der Waals surface area (Å²) in [5.74, 6) is 0.819. The van der Waals surface area contributed by atoms with Crippen LogP contribution in [0.3, 0.4) is 0 Å². The molecule has 1 aliphatic carbocycles. The van der Waals surface area contributed by atoms with Gasteiger partial charge in [0.25, 0.3) is 0 Å². The lowest BCUT2D eigenvalue weighted by Crippen LogP contribution is -2.12. The van der Waals surface area contributed by atoms with Gasteiger partial charge in [0.2, 0.25) is 0 Å². The first-order chi connectivity index (χ1) is 20.5. The fraction of sp³-hybridized carbons (Fsp3) is 0.400. The highest BCUT2D eigenvalue weighted by atomic mass is 14.9. The molecule has 3 aromatic heterocycles. The normalized spacial score (nSPS) is 15.5. The number of fused-ring (bicyclic) bond motifs is 7. The molecular weight excluding hydrogens is 522 g/mol. The van der Waals surface area contributed by atoms with Gasteiger partial charge < -0.3 is 4.40 Å². The van der Waals surface area contributed by atoms with Crippen molar-refractivity contribution in [3.05, 3.63) is 77.6 Å². The van der Waals surface area contributed by atoms with Crippen molar-refractivity contribution in [2.45, 2.75) is 86.5 Å². The maximum Gasteiger partial charge on any atom is 0.116 e. The monoisotopic (exact) mass is 565 g/mol. The molecule has 1 aliphatic rings. The predicted octanol–water partition coefficient (Wildman–Crippen LogP) is 10.8. The van der Waals surface area contributed by atoms with Crippen LogP contribution >= 0.6 is 0 Å². The Morgan fingerprint density at radius 1 is 0.698 bits per heavy atom. The fourth-order valence-electron chi connectivity index (χ4n) is 8.19. The largest absolute Gasteiger partial charge is 0.307 e. The standard InChI is InChI=1S/C40H43N3/c1-39(2,3)21-26-12-13-28-27(18-26)20-31-36-35-33(41-23-42-36)16-15-30-29-14-11-25(17-24-9-7-8-10-24)19-34(29)43(38(30)35)37(31)32(28)22-40(4,5)6/h11-16,18-20,23-24H,7-10,17,21-22H2,1-6H3. The molecule has 4 aromatic carbocycles. The predicted molar refractivity (Wildman–Crippen MR) is 184 cm³/mol. The molecule has 0 bridgehead atoms. The molecule has 0 saturated heterocycles. The number of rotatable bonds is 4. The van der Waals surface area contributed by atoms with Gasteiger partial charge in [0.15, 0.2) is 0 Å². The summed E-state index contributed by atoms with van der Waals surface area (Å²) in [6.45, 7) is 14.1. The molecule has 3 heterocycles. The lowest BCUT2D eigenvalue weighted by atomic mass is 9.83. The van der Waals surface area contributed by atoms with E-state index < -0.39 is 0 Å². The van der Waals surface area contributed by atoms with Crippen molar-refractivity contribution in [3.63, 3.8) is 0 Å². The van der Waals surface area contributed by atoms with E-state index in [1.165, 1.54) is 97.7 Å². The Morgan fingerprint density at radius 3 is 2.19 bits per heavy atom. The summed E-state index contributed by atoms with van der Waals surface area (Å²) in [5.41, 5.74) is 10.7. The molecule has 0 unspecified atom stereocenters. The van der Waals surface area contributed by atoms with Crippen LogP contribution in [-0.4, -0.2) is 14.4 Å². The van der Waals surface area contributed by atoms with Crippen LogP contribution in [0, 0.1) is 16.7 Å². The maximum absolute atomic E-state index is 5.02. The van der Waals surface area contributed by atoms with Gasteiger partial charge in [0.05, 0.1) is 33.0 Å². The Labute approximate surface area is 254 Å². The topological polar surface area (TPSA) is 30.2 Å². The number of aromatic nitrogens is 3. The third-order valence-corrected chi connectivity index (χ3v) is 9.79. The Balaban J connectivity index is 1.54. The van der Waals surface area contributed by atoms with E-state index in [4.69, 9.17) is 9.97 Å². The molecule has 218 valence electrons. The van der Waals surface area contributed by atoms with Crippen LogP contribution in [0.25, 0.3) is 59.9 Å². The maximum atomic E-state index is 5.02. The van der Waals surface area contributed by atoms with Gasteiger partial charge in [-0.2, -0.15) is 0 Å². The van der Waals surface area contributed by atoms with Crippen LogP contribution in [0.5, 0.6) is 0 Å². The smallest absolute Gasteiger partial charge is 0.116 e. The van der Waals surface area contributed by atoms with Crippen LogP contribution in [0.4, 0.5) is 0 Å². The lowest BCUT2D eigenvalue weighted by molar-refractivity contribution is 0.411. The van der Waals surface area contributed by atoms with E-state index in [2.05, 4.69) is 101 Å². The zero-order chi connectivity index (χ0) is 29.7. The Morgan fingerprint density at radius 2 is 1.42 bits per heavy atom. The number of hydrogen-bond donors (Lipinski definition) is 0. The summed E-state index contributed by atoms with van der Waals surface area (Å²) < 4.78 is 2.61. The van der Waals surface area contributed by atoms with E-state index in [0.29, 0.717) is 0 Å². The first-order valence-corrected chi connectivity index (χ1v) is 16.3. The van der Waals surface area contributed by atoms with Gasteiger partial charge in [-0.1, -0.05) is 97.6 Å². The highest BCUT2D eigenvalue weighted by molar-refractivity contribution is 6.28. The van der Waals surface area contributed by atoms with Crippen molar-refractivity contribution in [3.8, 4) is 0 Å². The minimum absolute atomic E-state index is 0.125. The SMILES string of the molecule is CC(C)(C)Cc1ccc2c(CC(C)(C)C)c3c(cc2c1)c1ncnc2ccc4c5ccc(CC6CCCC6)cc5n3c4c21. The van der Waals surface area contributed by atoms with Crippen molar-refractivity contribution in [1.29, 1.82) is 0 Å². The van der Waals surface area contributed by atoms with Crippen molar-refractivity contribution >= 4 is 59.9 Å². The minimum atomic E-state index is 0.125. The molecule has 0 amide bonds. The molecule has 3 nitrogen and oxygen atoms in total. The van der Waals surface area contributed by atoms with Crippen molar-refractivity contribution in [2.24, 2.45) is 16.7 Å². The second-order valence-electron chi connectivity index (χ2n) is 15.9. The molecule has 0 atom stereocenters. The quantitative estimate of drug-likeness (QED) is 0.157. The minimum Gasteiger partial charge on any atom is -0.307 e. The lowest BCUT2D eigenvalue weighted by Gasteiger charge is -2.24. The van der Waals surface area contributed by atoms with Gasteiger partial charge in [-0.25, -0.2) is 9.97 Å². The average molecular weight is 566 g/mol. The van der Waals surface area contributed by atoms with E-state index in [0.717, 1.165) is 29.8 Å². The molecule has 0 spiro atoms. The van der Waals surface area contributed by atoms with Crippen molar-refractivity contribution in [1.82, 2.24) is 14.4 Å². The number of nitrogens with zero attached hydrogens (tertiary/aromatic N) is 3. The van der Waals surface area contributed by atoms with Gasteiger partial charge in [0, 0.05) is 16.2 Å². The molecule has 8 rings (SSSR count). The second-order valence-corrected chi connectivity index (χ2v) is 15.9. The average Bonchev–Trinajstić information content (AvgIpc) is 3.57. The van der Waals surface area contributed by atoms with E-state index in [-0.39, 0.29) is 10.8 Å². The highest BCUT2D eigenvalue weighted by Gasteiger charge is 2.25. The molecule has 0 radical (unpaired) electrons. The number of benzene rings is 4. The Bertz CT molecular complexity index is 2180. The summed E-state index contributed by atoms with van der Waals surface area (Å²) in [5, 5.41) is 7.75. The van der Waals surface area contributed by atoms with Crippen LogP contribution in [0.2, 0.25) is 0 Å². The van der Waals surface area contributed by atoms with Crippen LogP contribution in [0.1, 0.15) is 83.9 Å². The van der Waals surface area contributed by atoms with Crippen LogP contribution in [-0.2, 0) is 19.3 Å². The zero-order valence-corrected chi connectivity index (χ0v) is 26.6. The van der Waals surface area contributed by atoms with Crippen molar-refractivity contribution < 1.29 is 0 Å². The second kappa shape index (κ2) is 9.39. The molecular formula is C40H43N3. The van der Waals surface area contributed by atoms with Gasteiger partial charge in [-0.15, -0.1) is 0 Å². The van der Waals surface area contributed by atoms with Gasteiger partial charge >= 0.3 is 0 Å². The molecule has 0 N–H and O–H groups in total. The molecule has 7 aromatic rings.